The Labute approximate surface area is 170 Å². The fourth-order valence-corrected chi connectivity index (χ4v) is 4.69. The Hall–Kier alpha value is -2.03. The van der Waals surface area contributed by atoms with Crippen LogP contribution in [0.5, 0.6) is 5.75 Å². The van der Waals surface area contributed by atoms with Crippen molar-refractivity contribution < 1.29 is 17.9 Å². The van der Waals surface area contributed by atoms with Crippen molar-refractivity contribution in [2.75, 3.05) is 18.2 Å². The number of carbonyl (C=O) groups is 1. The molecule has 1 amide bonds. The second kappa shape index (κ2) is 8.98. The topological polar surface area (TPSA) is 84.5 Å². The minimum absolute atomic E-state index is 0.0170. The maximum atomic E-state index is 12.4. The molecule has 1 saturated carbocycles. The number of aryl methyl sites for hydroxylation is 1. The number of nitrogens with one attached hydrogen (secondary N) is 2. The zero-order chi connectivity index (χ0) is 20.1. The zero-order valence-electron chi connectivity index (χ0n) is 15.9. The molecule has 0 spiro atoms. The number of methoxy groups -OCH3 is 1. The SMILES string of the molecule is COc1ccc(S(=O)(=O)NC2CC2)cc1NC(=O)CSCc1ccc(C)cc1. The van der Waals surface area contributed by atoms with Crippen LogP contribution in [0.15, 0.2) is 47.4 Å². The molecule has 0 aromatic heterocycles. The van der Waals surface area contributed by atoms with Crippen molar-refractivity contribution in [3.8, 4) is 5.75 Å². The molecule has 1 aliphatic rings. The van der Waals surface area contributed by atoms with E-state index in [4.69, 9.17) is 4.74 Å². The van der Waals surface area contributed by atoms with Gasteiger partial charge >= 0.3 is 0 Å². The van der Waals surface area contributed by atoms with E-state index < -0.39 is 10.0 Å². The number of hydrogen-bond donors (Lipinski definition) is 2. The van der Waals surface area contributed by atoms with Gasteiger partial charge in [0.2, 0.25) is 15.9 Å². The fraction of sp³-hybridized carbons (Fsp3) is 0.350. The van der Waals surface area contributed by atoms with E-state index in [2.05, 4.69) is 10.0 Å². The standard InChI is InChI=1S/C20H24N2O4S2/c1-14-3-5-15(6-4-14)12-27-13-20(23)21-18-11-17(9-10-19(18)26-2)28(24,25)22-16-7-8-16/h3-6,9-11,16,22H,7-8,12-13H2,1-2H3,(H,21,23). The average Bonchev–Trinajstić information content (AvgIpc) is 3.46. The van der Waals surface area contributed by atoms with Gasteiger partial charge in [-0.3, -0.25) is 4.79 Å². The Morgan fingerprint density at radius 3 is 2.54 bits per heavy atom. The van der Waals surface area contributed by atoms with Crippen LogP contribution in [0, 0.1) is 6.92 Å². The van der Waals surface area contributed by atoms with Crippen molar-refractivity contribution in [1.29, 1.82) is 0 Å². The van der Waals surface area contributed by atoms with Crippen molar-refractivity contribution in [3.05, 3.63) is 53.6 Å². The second-order valence-corrected chi connectivity index (χ2v) is 9.48. The highest BCUT2D eigenvalue weighted by Crippen LogP contribution is 2.29. The minimum Gasteiger partial charge on any atom is -0.495 e. The van der Waals surface area contributed by atoms with Gasteiger partial charge in [-0.25, -0.2) is 13.1 Å². The normalized spacial score (nSPS) is 13.9. The van der Waals surface area contributed by atoms with E-state index in [0.717, 1.165) is 24.2 Å². The molecule has 0 heterocycles. The van der Waals surface area contributed by atoms with Gasteiger partial charge in [-0.1, -0.05) is 29.8 Å². The van der Waals surface area contributed by atoms with Gasteiger partial charge in [0, 0.05) is 11.8 Å². The quantitative estimate of drug-likeness (QED) is 0.650. The molecule has 1 fully saturated rings. The monoisotopic (exact) mass is 420 g/mol. The van der Waals surface area contributed by atoms with E-state index >= 15 is 0 Å². The lowest BCUT2D eigenvalue weighted by Crippen LogP contribution is -2.26. The van der Waals surface area contributed by atoms with Crippen molar-refractivity contribution in [2.24, 2.45) is 0 Å². The Bertz CT molecular complexity index is 939. The smallest absolute Gasteiger partial charge is 0.240 e. The second-order valence-electron chi connectivity index (χ2n) is 6.78. The molecule has 150 valence electrons. The molecular weight excluding hydrogens is 396 g/mol. The summed E-state index contributed by atoms with van der Waals surface area (Å²) in [5, 5.41) is 2.76. The number of thioether (sulfide) groups is 1. The number of benzene rings is 2. The lowest BCUT2D eigenvalue weighted by atomic mass is 10.2. The highest BCUT2D eigenvalue weighted by atomic mass is 32.2. The van der Waals surface area contributed by atoms with Gasteiger partial charge in [-0.05, 0) is 43.5 Å². The Morgan fingerprint density at radius 1 is 1.18 bits per heavy atom. The molecule has 6 nitrogen and oxygen atoms in total. The summed E-state index contributed by atoms with van der Waals surface area (Å²) in [6, 6.07) is 12.7. The summed E-state index contributed by atoms with van der Waals surface area (Å²) in [7, 11) is -2.12. The van der Waals surface area contributed by atoms with Gasteiger partial charge in [0.25, 0.3) is 0 Å². The fourth-order valence-electron chi connectivity index (χ4n) is 2.57. The molecule has 0 radical (unpaired) electrons. The molecule has 8 heteroatoms. The third-order valence-electron chi connectivity index (χ3n) is 4.28. The molecular formula is C20H24N2O4S2. The summed E-state index contributed by atoms with van der Waals surface area (Å²) in [4.78, 5) is 12.4. The number of hydrogen-bond acceptors (Lipinski definition) is 5. The molecule has 2 N–H and O–H groups in total. The number of anilines is 1. The summed E-state index contributed by atoms with van der Waals surface area (Å²) < 4.78 is 32.7. The summed E-state index contributed by atoms with van der Waals surface area (Å²) in [5.74, 6) is 1.20. The van der Waals surface area contributed by atoms with Gasteiger partial charge in [0.15, 0.2) is 0 Å². The Morgan fingerprint density at radius 2 is 1.89 bits per heavy atom. The lowest BCUT2D eigenvalue weighted by Gasteiger charge is -2.13. The largest absolute Gasteiger partial charge is 0.495 e. The zero-order valence-corrected chi connectivity index (χ0v) is 17.5. The van der Waals surface area contributed by atoms with E-state index in [1.807, 2.05) is 31.2 Å². The van der Waals surface area contributed by atoms with Gasteiger partial charge in [-0.2, -0.15) is 0 Å². The molecule has 2 aromatic rings. The summed E-state index contributed by atoms with van der Waals surface area (Å²) in [6.07, 6.45) is 1.72. The number of rotatable bonds is 9. The van der Waals surface area contributed by atoms with Crippen LogP contribution in [0.3, 0.4) is 0 Å². The third-order valence-corrected chi connectivity index (χ3v) is 6.80. The summed E-state index contributed by atoms with van der Waals surface area (Å²) >= 11 is 1.50. The average molecular weight is 421 g/mol. The van der Waals surface area contributed by atoms with Gasteiger partial charge in [0.1, 0.15) is 5.75 Å². The van der Waals surface area contributed by atoms with E-state index in [1.165, 1.54) is 36.6 Å². The van der Waals surface area contributed by atoms with Crippen LogP contribution >= 0.6 is 11.8 Å². The van der Waals surface area contributed by atoms with Crippen LogP contribution in [-0.2, 0) is 20.6 Å². The van der Waals surface area contributed by atoms with Crippen LogP contribution in [0.25, 0.3) is 0 Å². The first-order valence-electron chi connectivity index (χ1n) is 9.01. The van der Waals surface area contributed by atoms with Crippen molar-refractivity contribution in [1.82, 2.24) is 4.72 Å². The first-order chi connectivity index (χ1) is 13.4. The van der Waals surface area contributed by atoms with Gasteiger partial charge in [-0.15, -0.1) is 11.8 Å². The number of carbonyl (C=O) groups excluding carboxylic acids is 1. The molecule has 0 atom stereocenters. The Balaban J connectivity index is 1.62. The molecule has 0 aliphatic heterocycles. The van der Waals surface area contributed by atoms with Crippen LogP contribution in [0.1, 0.15) is 24.0 Å². The third kappa shape index (κ3) is 5.73. The van der Waals surface area contributed by atoms with E-state index in [0.29, 0.717) is 11.4 Å². The molecule has 0 unspecified atom stereocenters. The van der Waals surface area contributed by atoms with Crippen LogP contribution in [0.4, 0.5) is 5.69 Å². The molecule has 28 heavy (non-hydrogen) atoms. The van der Waals surface area contributed by atoms with E-state index in [-0.39, 0.29) is 22.6 Å². The molecule has 1 aliphatic carbocycles. The van der Waals surface area contributed by atoms with Crippen LogP contribution in [0.2, 0.25) is 0 Å². The van der Waals surface area contributed by atoms with Crippen molar-refractivity contribution >= 4 is 33.4 Å². The van der Waals surface area contributed by atoms with Crippen LogP contribution < -0.4 is 14.8 Å². The maximum absolute atomic E-state index is 12.4. The highest BCUT2D eigenvalue weighted by molar-refractivity contribution is 7.99. The van der Waals surface area contributed by atoms with E-state index in [1.54, 1.807) is 6.07 Å². The first kappa shape index (κ1) is 20.7. The Kier molecular flexibility index (Phi) is 6.64. The number of sulfonamides is 1. The number of amides is 1. The van der Waals surface area contributed by atoms with Crippen molar-refractivity contribution in [3.63, 3.8) is 0 Å². The van der Waals surface area contributed by atoms with Gasteiger partial charge in [0.05, 0.1) is 23.4 Å². The van der Waals surface area contributed by atoms with Crippen LogP contribution in [-0.4, -0.2) is 33.2 Å². The first-order valence-corrected chi connectivity index (χ1v) is 11.6. The van der Waals surface area contributed by atoms with Crippen molar-refractivity contribution in [2.45, 2.75) is 36.5 Å². The predicted molar refractivity (Wildman–Crippen MR) is 112 cm³/mol. The minimum atomic E-state index is -3.60. The predicted octanol–water partition coefficient (Wildman–Crippen LogP) is 3.32. The molecule has 3 rings (SSSR count). The van der Waals surface area contributed by atoms with E-state index in [9.17, 15) is 13.2 Å². The summed E-state index contributed by atoms with van der Waals surface area (Å²) in [5.41, 5.74) is 2.70. The highest BCUT2D eigenvalue weighted by Gasteiger charge is 2.28. The molecule has 2 aromatic carbocycles. The summed E-state index contributed by atoms with van der Waals surface area (Å²) in [6.45, 7) is 2.03. The molecule has 0 bridgehead atoms. The number of ether oxygens (including phenoxy) is 1. The van der Waals surface area contributed by atoms with Gasteiger partial charge < -0.3 is 10.1 Å². The maximum Gasteiger partial charge on any atom is 0.240 e. The molecule has 0 saturated heterocycles. The lowest BCUT2D eigenvalue weighted by molar-refractivity contribution is -0.113.